The fraction of sp³-hybridized carbons (Fsp3) is 0.391. The van der Waals surface area contributed by atoms with E-state index in [0.29, 0.717) is 5.88 Å². The monoisotopic (exact) mass is 417 g/mol. The van der Waals surface area contributed by atoms with E-state index in [2.05, 4.69) is 45.3 Å². The van der Waals surface area contributed by atoms with Crippen LogP contribution in [0, 0.1) is 5.41 Å². The summed E-state index contributed by atoms with van der Waals surface area (Å²) in [5.41, 5.74) is 5.26. The molecule has 0 saturated carbocycles. The van der Waals surface area contributed by atoms with Crippen molar-refractivity contribution in [2.24, 2.45) is 5.41 Å². The van der Waals surface area contributed by atoms with Gasteiger partial charge in [-0.2, -0.15) is 5.10 Å². The number of aromatic nitrogens is 6. The van der Waals surface area contributed by atoms with Gasteiger partial charge in [0.1, 0.15) is 5.82 Å². The maximum absolute atomic E-state index is 5.45. The molecule has 0 amide bonds. The zero-order valence-corrected chi connectivity index (χ0v) is 18.4. The molecule has 0 radical (unpaired) electrons. The Morgan fingerprint density at radius 3 is 2.81 bits per heavy atom. The van der Waals surface area contributed by atoms with E-state index in [1.807, 2.05) is 36.9 Å². The number of nitrogens with zero attached hydrogens (tertiary/aromatic N) is 7. The Morgan fingerprint density at radius 1 is 1.13 bits per heavy atom. The summed E-state index contributed by atoms with van der Waals surface area (Å²) in [5, 5.41) is 4.48. The Balaban J connectivity index is 1.50. The minimum Gasteiger partial charge on any atom is -0.481 e. The summed E-state index contributed by atoms with van der Waals surface area (Å²) >= 11 is 0. The highest BCUT2D eigenvalue weighted by Crippen LogP contribution is 2.32. The predicted molar refractivity (Wildman–Crippen MR) is 119 cm³/mol. The van der Waals surface area contributed by atoms with E-state index in [4.69, 9.17) is 9.72 Å². The van der Waals surface area contributed by atoms with Crippen molar-refractivity contribution in [3.8, 4) is 17.0 Å². The summed E-state index contributed by atoms with van der Waals surface area (Å²) in [7, 11) is 1.63. The zero-order valence-electron chi connectivity index (χ0n) is 18.4. The average molecular weight is 418 g/mol. The Hall–Kier alpha value is -3.42. The molecule has 0 atom stereocenters. The molecule has 8 nitrogen and oxygen atoms in total. The van der Waals surface area contributed by atoms with Crippen LogP contribution >= 0.6 is 0 Å². The molecule has 0 saturated heterocycles. The maximum atomic E-state index is 5.45. The van der Waals surface area contributed by atoms with Crippen molar-refractivity contribution in [1.29, 1.82) is 0 Å². The lowest BCUT2D eigenvalue weighted by Crippen LogP contribution is -2.33. The molecule has 0 fully saturated rings. The third kappa shape index (κ3) is 3.62. The molecular formula is C23H27N7O. The Bertz CT molecular complexity index is 1230. The number of anilines is 1. The van der Waals surface area contributed by atoms with E-state index in [1.54, 1.807) is 17.8 Å². The number of methoxy groups -OCH3 is 1. The normalized spacial score (nSPS) is 14.1. The van der Waals surface area contributed by atoms with Crippen molar-refractivity contribution in [3.05, 3.63) is 54.5 Å². The van der Waals surface area contributed by atoms with Gasteiger partial charge in [0.05, 0.1) is 43.1 Å². The van der Waals surface area contributed by atoms with Gasteiger partial charge in [0.15, 0.2) is 5.65 Å². The summed E-state index contributed by atoms with van der Waals surface area (Å²) in [6, 6.07) is 5.91. The molecule has 1 aliphatic rings. The molecule has 4 aromatic heterocycles. The summed E-state index contributed by atoms with van der Waals surface area (Å²) in [4.78, 5) is 16.3. The molecule has 0 N–H and O–H groups in total. The van der Waals surface area contributed by atoms with Crippen molar-refractivity contribution in [2.45, 2.75) is 40.3 Å². The topological polar surface area (TPSA) is 73.4 Å². The zero-order chi connectivity index (χ0) is 21.6. The van der Waals surface area contributed by atoms with Crippen LogP contribution in [0.4, 0.5) is 5.82 Å². The van der Waals surface area contributed by atoms with Crippen LogP contribution in [-0.2, 0) is 19.5 Å². The maximum Gasteiger partial charge on any atom is 0.221 e. The second-order valence-electron chi connectivity index (χ2n) is 9.17. The van der Waals surface area contributed by atoms with Gasteiger partial charge in [-0.25, -0.2) is 19.5 Å². The first-order valence-electron chi connectivity index (χ1n) is 10.5. The molecule has 1 aliphatic heterocycles. The van der Waals surface area contributed by atoms with Crippen LogP contribution in [0.25, 0.3) is 16.8 Å². The molecule has 8 heteroatoms. The average Bonchev–Trinajstić information content (AvgIpc) is 3.36. The Labute approximate surface area is 181 Å². The highest BCUT2D eigenvalue weighted by atomic mass is 16.5. The first-order chi connectivity index (χ1) is 14.9. The van der Waals surface area contributed by atoms with Crippen LogP contribution in [0.3, 0.4) is 0 Å². The third-order valence-corrected chi connectivity index (χ3v) is 5.57. The lowest BCUT2D eigenvalue weighted by atomic mass is 9.96. The van der Waals surface area contributed by atoms with Crippen LogP contribution in [-0.4, -0.2) is 42.8 Å². The number of pyridine rings is 1. The van der Waals surface area contributed by atoms with Gasteiger partial charge < -0.3 is 14.2 Å². The fourth-order valence-corrected chi connectivity index (χ4v) is 4.17. The molecule has 0 aromatic carbocycles. The smallest absolute Gasteiger partial charge is 0.221 e. The summed E-state index contributed by atoms with van der Waals surface area (Å²) in [6.07, 6.45) is 8.41. The van der Waals surface area contributed by atoms with Crippen LogP contribution in [0.2, 0.25) is 0 Å². The molecule has 31 heavy (non-hydrogen) atoms. The molecular weight excluding hydrogens is 390 g/mol. The quantitative estimate of drug-likeness (QED) is 0.505. The van der Waals surface area contributed by atoms with E-state index < -0.39 is 0 Å². The number of imidazole rings is 1. The van der Waals surface area contributed by atoms with E-state index in [-0.39, 0.29) is 5.41 Å². The number of hydrogen-bond acceptors (Lipinski definition) is 6. The second-order valence-corrected chi connectivity index (χ2v) is 9.17. The van der Waals surface area contributed by atoms with Crippen LogP contribution < -0.4 is 9.64 Å². The largest absolute Gasteiger partial charge is 0.481 e. The molecule has 0 aliphatic carbocycles. The Kier molecular flexibility index (Phi) is 4.64. The van der Waals surface area contributed by atoms with Crippen LogP contribution in [0.15, 0.2) is 43.1 Å². The van der Waals surface area contributed by atoms with Gasteiger partial charge in [0.2, 0.25) is 5.88 Å². The number of hydrogen-bond donors (Lipinski definition) is 0. The van der Waals surface area contributed by atoms with Gasteiger partial charge in [-0.3, -0.25) is 0 Å². The minimum atomic E-state index is 0.198. The summed E-state index contributed by atoms with van der Waals surface area (Å²) in [6.45, 7) is 9.40. The number of fused-ring (bicyclic) bond motifs is 2. The van der Waals surface area contributed by atoms with Gasteiger partial charge in [0, 0.05) is 37.5 Å². The fourth-order valence-electron chi connectivity index (χ4n) is 4.17. The first kappa shape index (κ1) is 19.5. The molecule has 0 unspecified atom stereocenters. The van der Waals surface area contributed by atoms with E-state index >= 15 is 0 Å². The standard InChI is InChI=1S/C23H27N7O/c1-23(2,3)14-29-15-25-18-7-10-28(13-19(18)29)20-8-11-30-21(27-20)17(12-26-30)16-6-5-9-24-22(16)31-4/h5-6,8-9,11-12,15H,7,10,13-14H2,1-4H3. The first-order valence-corrected chi connectivity index (χ1v) is 10.5. The van der Waals surface area contributed by atoms with Gasteiger partial charge in [-0.05, 0) is 23.6 Å². The molecule has 0 bridgehead atoms. The van der Waals surface area contributed by atoms with Gasteiger partial charge in [-0.1, -0.05) is 20.8 Å². The van der Waals surface area contributed by atoms with Crippen molar-refractivity contribution in [1.82, 2.24) is 29.1 Å². The van der Waals surface area contributed by atoms with E-state index in [1.165, 1.54) is 11.4 Å². The molecule has 0 spiro atoms. The molecule has 5 rings (SSSR count). The van der Waals surface area contributed by atoms with Gasteiger partial charge in [0.25, 0.3) is 0 Å². The molecule has 4 aromatic rings. The summed E-state index contributed by atoms with van der Waals surface area (Å²) < 4.78 is 9.54. The lowest BCUT2D eigenvalue weighted by Gasteiger charge is -2.30. The third-order valence-electron chi connectivity index (χ3n) is 5.57. The highest BCUT2D eigenvalue weighted by Gasteiger charge is 2.24. The second kappa shape index (κ2) is 7.37. The SMILES string of the molecule is COc1ncccc1-c1cnn2ccc(N3CCc4ncn(CC(C)(C)C)c4C3)nc12. The van der Waals surface area contributed by atoms with Crippen molar-refractivity contribution in [2.75, 3.05) is 18.6 Å². The molecule has 160 valence electrons. The predicted octanol–water partition coefficient (Wildman–Crippen LogP) is 3.61. The van der Waals surface area contributed by atoms with Crippen molar-refractivity contribution in [3.63, 3.8) is 0 Å². The van der Waals surface area contributed by atoms with E-state index in [9.17, 15) is 0 Å². The number of ether oxygens (including phenoxy) is 1. The van der Waals surface area contributed by atoms with Crippen molar-refractivity contribution >= 4 is 11.5 Å². The minimum absolute atomic E-state index is 0.198. The van der Waals surface area contributed by atoms with Crippen molar-refractivity contribution < 1.29 is 4.74 Å². The molecule has 5 heterocycles. The highest BCUT2D eigenvalue weighted by molar-refractivity contribution is 5.80. The van der Waals surface area contributed by atoms with Gasteiger partial charge in [-0.15, -0.1) is 0 Å². The summed E-state index contributed by atoms with van der Waals surface area (Å²) in [5.74, 6) is 1.50. The Morgan fingerprint density at radius 2 is 2.00 bits per heavy atom. The lowest BCUT2D eigenvalue weighted by molar-refractivity contribution is 0.337. The van der Waals surface area contributed by atoms with Crippen LogP contribution in [0.5, 0.6) is 5.88 Å². The number of rotatable bonds is 4. The van der Waals surface area contributed by atoms with E-state index in [0.717, 1.165) is 48.6 Å². The van der Waals surface area contributed by atoms with Crippen LogP contribution in [0.1, 0.15) is 32.2 Å². The van der Waals surface area contributed by atoms with Gasteiger partial charge >= 0.3 is 0 Å².